The van der Waals surface area contributed by atoms with Crippen LogP contribution in [0.5, 0.6) is 11.5 Å². The maximum absolute atomic E-state index is 11.6. The summed E-state index contributed by atoms with van der Waals surface area (Å²) in [5.74, 6) is 0.643. The molecule has 0 radical (unpaired) electrons. The number of methoxy groups -OCH3 is 1. The average molecular weight is 266 g/mol. The van der Waals surface area contributed by atoms with E-state index >= 15 is 0 Å². The minimum absolute atomic E-state index is 0.237. The van der Waals surface area contributed by atoms with Gasteiger partial charge < -0.3 is 19.3 Å². The van der Waals surface area contributed by atoms with Crippen LogP contribution in [-0.4, -0.2) is 31.4 Å². The van der Waals surface area contributed by atoms with Gasteiger partial charge in [0.1, 0.15) is 0 Å². The van der Waals surface area contributed by atoms with Gasteiger partial charge in [0.25, 0.3) is 0 Å². The fourth-order valence-electron chi connectivity index (χ4n) is 2.01. The number of rotatable bonds is 6. The highest BCUT2D eigenvalue weighted by atomic mass is 16.6. The Kier molecular flexibility index (Phi) is 4.27. The average Bonchev–Trinajstić information content (AvgIpc) is 2.74. The normalized spacial score (nSPS) is 17.0. The van der Waals surface area contributed by atoms with Crippen molar-refractivity contribution < 1.29 is 24.1 Å². The summed E-state index contributed by atoms with van der Waals surface area (Å²) in [6, 6.07) is 3.32. The lowest BCUT2D eigenvalue weighted by Crippen LogP contribution is -2.04. The molecule has 0 fully saturated rings. The molecule has 1 atom stereocenters. The van der Waals surface area contributed by atoms with Crippen LogP contribution in [0.15, 0.2) is 12.1 Å². The van der Waals surface area contributed by atoms with Crippen LogP contribution in [0.1, 0.15) is 41.8 Å². The molecule has 0 spiro atoms. The Hall–Kier alpha value is -1.75. The Morgan fingerprint density at radius 3 is 2.79 bits per heavy atom. The molecule has 0 bridgehead atoms. The molecule has 0 aliphatic carbocycles. The molecule has 0 amide bonds. The minimum Gasteiger partial charge on any atom is -0.493 e. The van der Waals surface area contributed by atoms with E-state index < -0.39 is 12.1 Å². The SMILES string of the molecule is CCCCOc1cc2c(cc1OC)C(=O)O[C@H]2CO. The zero-order valence-electron chi connectivity index (χ0n) is 11.1. The molecule has 5 heteroatoms. The van der Waals surface area contributed by atoms with E-state index in [2.05, 4.69) is 6.92 Å². The molecule has 0 unspecified atom stereocenters. The third kappa shape index (κ3) is 2.66. The molecule has 1 heterocycles. The summed E-state index contributed by atoms with van der Waals surface area (Å²) in [4.78, 5) is 11.6. The second-order valence-corrected chi connectivity index (χ2v) is 4.37. The number of hydrogen-bond acceptors (Lipinski definition) is 5. The van der Waals surface area contributed by atoms with Crippen molar-refractivity contribution in [3.63, 3.8) is 0 Å². The van der Waals surface area contributed by atoms with Crippen molar-refractivity contribution in [3.05, 3.63) is 23.3 Å². The predicted octanol–water partition coefficient (Wildman–Crippen LogP) is 2.08. The van der Waals surface area contributed by atoms with Gasteiger partial charge in [0, 0.05) is 5.56 Å². The molecule has 2 rings (SSSR count). The molecule has 1 N–H and O–H groups in total. The van der Waals surface area contributed by atoms with E-state index in [0.717, 1.165) is 12.8 Å². The van der Waals surface area contributed by atoms with Gasteiger partial charge in [-0.3, -0.25) is 0 Å². The molecule has 0 aromatic heterocycles. The van der Waals surface area contributed by atoms with Crippen LogP contribution in [0.25, 0.3) is 0 Å². The van der Waals surface area contributed by atoms with Crippen molar-refractivity contribution in [2.45, 2.75) is 25.9 Å². The zero-order valence-corrected chi connectivity index (χ0v) is 11.1. The van der Waals surface area contributed by atoms with Gasteiger partial charge in [0.15, 0.2) is 17.6 Å². The summed E-state index contributed by atoms with van der Waals surface area (Å²) >= 11 is 0. The van der Waals surface area contributed by atoms with E-state index in [1.807, 2.05) is 0 Å². The van der Waals surface area contributed by atoms with Gasteiger partial charge in [0.2, 0.25) is 0 Å². The molecular weight excluding hydrogens is 248 g/mol. The zero-order chi connectivity index (χ0) is 13.8. The number of fused-ring (bicyclic) bond motifs is 1. The fraction of sp³-hybridized carbons (Fsp3) is 0.500. The van der Waals surface area contributed by atoms with Gasteiger partial charge in [-0.05, 0) is 18.6 Å². The molecule has 5 nitrogen and oxygen atoms in total. The Balaban J connectivity index is 2.31. The molecule has 1 aromatic rings. The highest BCUT2D eigenvalue weighted by Gasteiger charge is 2.32. The fourth-order valence-corrected chi connectivity index (χ4v) is 2.01. The monoisotopic (exact) mass is 266 g/mol. The summed E-state index contributed by atoms with van der Waals surface area (Å²) < 4.78 is 15.9. The van der Waals surface area contributed by atoms with Crippen molar-refractivity contribution >= 4 is 5.97 Å². The van der Waals surface area contributed by atoms with Crippen molar-refractivity contribution in [2.75, 3.05) is 20.3 Å². The maximum atomic E-state index is 11.6. The number of cyclic esters (lactones) is 1. The third-order valence-electron chi connectivity index (χ3n) is 3.07. The summed E-state index contributed by atoms with van der Waals surface area (Å²) in [6.07, 6.45) is 1.37. The third-order valence-corrected chi connectivity index (χ3v) is 3.07. The van der Waals surface area contributed by atoms with E-state index in [9.17, 15) is 9.90 Å². The molecule has 1 aromatic carbocycles. The predicted molar refractivity (Wildman–Crippen MR) is 68.6 cm³/mol. The van der Waals surface area contributed by atoms with Gasteiger partial charge in [-0.25, -0.2) is 4.79 Å². The van der Waals surface area contributed by atoms with E-state index in [0.29, 0.717) is 29.2 Å². The Morgan fingerprint density at radius 1 is 1.37 bits per heavy atom. The minimum atomic E-state index is -0.609. The number of hydrogen-bond donors (Lipinski definition) is 1. The molecule has 19 heavy (non-hydrogen) atoms. The van der Waals surface area contributed by atoms with Crippen LogP contribution in [0.4, 0.5) is 0 Å². The lowest BCUT2D eigenvalue weighted by molar-refractivity contribution is 0.0235. The Labute approximate surface area is 112 Å². The van der Waals surface area contributed by atoms with Gasteiger partial charge in [-0.15, -0.1) is 0 Å². The van der Waals surface area contributed by atoms with Gasteiger partial charge in [0.05, 0.1) is 25.9 Å². The molecule has 1 aliphatic rings. The maximum Gasteiger partial charge on any atom is 0.339 e. The quantitative estimate of drug-likeness (QED) is 0.631. The van der Waals surface area contributed by atoms with E-state index in [-0.39, 0.29) is 6.61 Å². The van der Waals surface area contributed by atoms with Crippen molar-refractivity contribution in [3.8, 4) is 11.5 Å². The summed E-state index contributed by atoms with van der Waals surface area (Å²) in [6.45, 7) is 2.43. The summed E-state index contributed by atoms with van der Waals surface area (Å²) in [7, 11) is 1.53. The first-order valence-corrected chi connectivity index (χ1v) is 6.37. The molecule has 1 aliphatic heterocycles. The van der Waals surface area contributed by atoms with Crippen molar-refractivity contribution in [1.82, 2.24) is 0 Å². The van der Waals surface area contributed by atoms with Crippen LogP contribution in [0.3, 0.4) is 0 Å². The van der Waals surface area contributed by atoms with E-state index in [1.165, 1.54) is 7.11 Å². The van der Waals surface area contributed by atoms with Crippen LogP contribution >= 0.6 is 0 Å². The number of benzene rings is 1. The standard InChI is InChI=1S/C14H18O5/c1-3-4-5-18-12-6-9-10(7-11(12)17-2)14(16)19-13(9)8-15/h6-7,13,15H,3-5,8H2,1-2H3/t13-/m0/s1. The summed E-state index contributed by atoms with van der Waals surface area (Å²) in [5.41, 5.74) is 1.08. The van der Waals surface area contributed by atoms with Gasteiger partial charge in [-0.2, -0.15) is 0 Å². The lowest BCUT2D eigenvalue weighted by Gasteiger charge is -2.13. The lowest BCUT2D eigenvalue weighted by atomic mass is 10.0. The topological polar surface area (TPSA) is 65.0 Å². The number of esters is 1. The second-order valence-electron chi connectivity index (χ2n) is 4.37. The van der Waals surface area contributed by atoms with Crippen LogP contribution in [0.2, 0.25) is 0 Å². The first kappa shape index (κ1) is 13.7. The number of carbonyl (C=O) groups excluding carboxylic acids is 1. The number of aliphatic hydroxyl groups excluding tert-OH is 1. The van der Waals surface area contributed by atoms with Crippen molar-refractivity contribution in [2.24, 2.45) is 0 Å². The van der Waals surface area contributed by atoms with E-state index in [4.69, 9.17) is 14.2 Å². The van der Waals surface area contributed by atoms with Crippen LogP contribution in [0, 0.1) is 0 Å². The number of unbranched alkanes of at least 4 members (excludes halogenated alkanes) is 1. The first-order valence-electron chi connectivity index (χ1n) is 6.37. The smallest absolute Gasteiger partial charge is 0.339 e. The largest absolute Gasteiger partial charge is 0.493 e. The number of aliphatic hydroxyl groups is 1. The van der Waals surface area contributed by atoms with Gasteiger partial charge >= 0.3 is 5.97 Å². The molecule has 0 saturated heterocycles. The number of carbonyl (C=O) groups is 1. The molecule has 104 valence electrons. The Morgan fingerprint density at radius 2 is 2.16 bits per heavy atom. The van der Waals surface area contributed by atoms with E-state index in [1.54, 1.807) is 12.1 Å². The number of ether oxygens (including phenoxy) is 3. The van der Waals surface area contributed by atoms with Crippen LogP contribution < -0.4 is 9.47 Å². The van der Waals surface area contributed by atoms with Crippen molar-refractivity contribution in [1.29, 1.82) is 0 Å². The summed E-state index contributed by atoms with van der Waals surface area (Å²) in [5, 5.41) is 9.21. The molecular formula is C14H18O5. The first-order chi connectivity index (χ1) is 9.21. The Bertz CT molecular complexity index is 469. The van der Waals surface area contributed by atoms with Crippen LogP contribution in [-0.2, 0) is 4.74 Å². The molecule has 0 saturated carbocycles. The highest BCUT2D eigenvalue weighted by molar-refractivity contribution is 5.95. The van der Waals surface area contributed by atoms with Gasteiger partial charge in [-0.1, -0.05) is 13.3 Å². The second kappa shape index (κ2) is 5.93. The highest BCUT2D eigenvalue weighted by Crippen LogP contribution is 2.38.